The molecular formula is C30H31FN6O3. The summed E-state index contributed by atoms with van der Waals surface area (Å²) in [6.45, 7) is 7.43. The predicted molar refractivity (Wildman–Crippen MR) is 151 cm³/mol. The zero-order valence-corrected chi connectivity index (χ0v) is 22.6. The van der Waals surface area contributed by atoms with Crippen molar-refractivity contribution in [2.24, 2.45) is 5.92 Å². The highest BCUT2D eigenvalue weighted by Crippen LogP contribution is 2.44. The summed E-state index contributed by atoms with van der Waals surface area (Å²) in [7, 11) is 0. The first-order valence-electron chi connectivity index (χ1n) is 13.6. The predicted octanol–water partition coefficient (Wildman–Crippen LogP) is 4.56. The van der Waals surface area contributed by atoms with Gasteiger partial charge in [-0.25, -0.2) is 19.3 Å². The monoisotopic (exact) mass is 542 g/mol. The van der Waals surface area contributed by atoms with E-state index in [-0.39, 0.29) is 23.4 Å². The van der Waals surface area contributed by atoms with Crippen molar-refractivity contribution in [1.29, 1.82) is 0 Å². The second kappa shape index (κ2) is 10.7. The van der Waals surface area contributed by atoms with Gasteiger partial charge in [0, 0.05) is 69.4 Å². The normalized spacial score (nSPS) is 16.5. The Kier molecular flexibility index (Phi) is 6.91. The number of rotatable bonds is 5. The summed E-state index contributed by atoms with van der Waals surface area (Å²) in [6.07, 6.45) is 4.81. The minimum Gasteiger partial charge on any atom is -0.437 e. The highest BCUT2D eigenvalue weighted by molar-refractivity contribution is 6.06. The number of benzene rings is 1. The molecule has 1 aromatic carbocycles. The third-order valence-electron chi connectivity index (χ3n) is 8.03. The Balaban J connectivity index is 1.39. The average molecular weight is 543 g/mol. The van der Waals surface area contributed by atoms with Gasteiger partial charge in [-0.05, 0) is 49.6 Å². The van der Waals surface area contributed by atoms with Gasteiger partial charge in [-0.2, -0.15) is 0 Å². The highest BCUT2D eigenvalue weighted by Gasteiger charge is 2.29. The van der Waals surface area contributed by atoms with Crippen molar-refractivity contribution in [3.63, 3.8) is 0 Å². The van der Waals surface area contributed by atoms with Crippen LogP contribution in [0.5, 0.6) is 0 Å². The second-order valence-corrected chi connectivity index (χ2v) is 10.5. The molecule has 0 spiro atoms. The molecule has 0 atom stereocenters. The molecule has 0 radical (unpaired) electrons. The summed E-state index contributed by atoms with van der Waals surface area (Å²) in [5.74, 6) is 2.22. The van der Waals surface area contributed by atoms with E-state index in [4.69, 9.17) is 9.40 Å². The number of Topliss-reactive ketones (excluding diaryl/α,β-unsaturated/α-hetero) is 1. The maximum absolute atomic E-state index is 13.9. The van der Waals surface area contributed by atoms with Crippen molar-refractivity contribution in [3.8, 4) is 22.5 Å². The quantitative estimate of drug-likeness (QED) is 0.362. The Hall–Kier alpha value is -4.34. The Morgan fingerprint density at radius 2 is 1.55 bits per heavy atom. The Morgan fingerprint density at radius 1 is 0.850 bits per heavy atom. The number of pyridine rings is 1. The minimum absolute atomic E-state index is 0.0695. The van der Waals surface area contributed by atoms with E-state index in [0.29, 0.717) is 37.7 Å². The van der Waals surface area contributed by atoms with E-state index in [9.17, 15) is 14.0 Å². The van der Waals surface area contributed by atoms with Gasteiger partial charge in [0.1, 0.15) is 35.3 Å². The van der Waals surface area contributed by atoms with Crippen LogP contribution in [0, 0.1) is 11.7 Å². The Labute approximate surface area is 231 Å². The van der Waals surface area contributed by atoms with Crippen LogP contribution in [0.15, 0.2) is 53.3 Å². The number of fused-ring (bicyclic) bond motifs is 1. The van der Waals surface area contributed by atoms with E-state index in [2.05, 4.69) is 19.8 Å². The molecule has 2 saturated heterocycles. The van der Waals surface area contributed by atoms with E-state index >= 15 is 0 Å². The number of piperazine rings is 1. The lowest BCUT2D eigenvalue weighted by Crippen LogP contribution is -2.48. The Bertz CT molecular complexity index is 1540. The van der Waals surface area contributed by atoms with Gasteiger partial charge in [-0.1, -0.05) is 12.1 Å². The summed E-state index contributed by atoms with van der Waals surface area (Å²) in [4.78, 5) is 43.6. The molecule has 4 aromatic rings. The number of nitrogens with zero attached hydrogens (tertiary/aromatic N) is 6. The number of ketones is 1. The number of hydrogen-bond donors (Lipinski definition) is 0. The summed E-state index contributed by atoms with van der Waals surface area (Å²) in [5, 5.41) is 0.759. The minimum atomic E-state index is -0.322. The van der Waals surface area contributed by atoms with Crippen LogP contribution in [0.2, 0.25) is 0 Å². The third kappa shape index (κ3) is 4.89. The molecule has 0 unspecified atom stereocenters. The third-order valence-corrected chi connectivity index (χ3v) is 8.03. The van der Waals surface area contributed by atoms with E-state index in [1.807, 2.05) is 17.0 Å². The number of aromatic nitrogens is 3. The van der Waals surface area contributed by atoms with Gasteiger partial charge in [0.15, 0.2) is 0 Å². The van der Waals surface area contributed by atoms with Gasteiger partial charge in [0.2, 0.25) is 11.6 Å². The molecule has 0 bridgehead atoms. The maximum Gasteiger partial charge on any atom is 0.232 e. The van der Waals surface area contributed by atoms with Crippen LogP contribution >= 0.6 is 0 Å². The maximum atomic E-state index is 13.9. The van der Waals surface area contributed by atoms with E-state index in [1.54, 1.807) is 32.2 Å². The van der Waals surface area contributed by atoms with Crippen LogP contribution in [-0.4, -0.2) is 70.8 Å². The van der Waals surface area contributed by atoms with E-state index < -0.39 is 0 Å². The number of amides is 1. The van der Waals surface area contributed by atoms with Gasteiger partial charge < -0.3 is 19.1 Å². The van der Waals surface area contributed by atoms with Crippen LogP contribution in [0.4, 0.5) is 16.0 Å². The molecule has 1 amide bonds. The lowest BCUT2D eigenvalue weighted by Gasteiger charge is -2.34. The van der Waals surface area contributed by atoms with Crippen LogP contribution in [-0.2, 0) is 9.59 Å². The average Bonchev–Trinajstić information content (AvgIpc) is 3.38. The smallest absolute Gasteiger partial charge is 0.232 e. The molecule has 2 aliphatic rings. The molecule has 206 valence electrons. The van der Waals surface area contributed by atoms with Crippen molar-refractivity contribution in [1.82, 2.24) is 19.9 Å². The van der Waals surface area contributed by atoms with Gasteiger partial charge in [0.05, 0.1) is 5.39 Å². The molecule has 0 aliphatic carbocycles. The fraction of sp³-hybridized carbons (Fsp3) is 0.367. The van der Waals surface area contributed by atoms with Crippen molar-refractivity contribution in [3.05, 3.63) is 54.7 Å². The number of furan rings is 1. The molecule has 2 fully saturated rings. The van der Waals surface area contributed by atoms with Crippen LogP contribution in [0.3, 0.4) is 0 Å². The molecule has 2 aliphatic heterocycles. The van der Waals surface area contributed by atoms with Crippen LogP contribution in [0.25, 0.3) is 33.6 Å². The van der Waals surface area contributed by atoms with E-state index in [1.165, 1.54) is 18.5 Å². The molecule has 3 aromatic heterocycles. The summed E-state index contributed by atoms with van der Waals surface area (Å²) >= 11 is 0. The largest absolute Gasteiger partial charge is 0.437 e. The van der Waals surface area contributed by atoms with Gasteiger partial charge in [0.25, 0.3) is 0 Å². The topological polar surface area (TPSA) is 95.7 Å². The van der Waals surface area contributed by atoms with Gasteiger partial charge >= 0.3 is 0 Å². The first-order valence-corrected chi connectivity index (χ1v) is 13.6. The second-order valence-electron chi connectivity index (χ2n) is 10.5. The first-order chi connectivity index (χ1) is 19.4. The van der Waals surface area contributed by atoms with Crippen molar-refractivity contribution in [2.45, 2.75) is 26.7 Å². The number of anilines is 2. The summed E-state index contributed by atoms with van der Waals surface area (Å²) in [6, 6.07) is 10.3. The van der Waals surface area contributed by atoms with Crippen molar-refractivity contribution >= 4 is 34.4 Å². The number of piperidine rings is 1. The number of carbonyl (C=O) groups is 2. The van der Waals surface area contributed by atoms with Crippen molar-refractivity contribution < 1.29 is 18.4 Å². The standard InChI is InChI=1S/C30H31FN6O3/c1-19(38)21-9-11-37(12-10-21)29-27-26(22-3-6-24(31)7-4-22)28(40-30(27)34-18-33-29)23-5-8-25(32-17-23)36-15-13-35(14-16-36)20(2)39/h3-8,17-18,21H,9-16H2,1-2H3. The Morgan fingerprint density at radius 3 is 2.17 bits per heavy atom. The lowest BCUT2D eigenvalue weighted by molar-refractivity contribution is -0.129. The van der Waals surface area contributed by atoms with Crippen molar-refractivity contribution in [2.75, 3.05) is 49.1 Å². The number of carbonyl (C=O) groups excluding carboxylic acids is 2. The molecule has 9 nitrogen and oxygen atoms in total. The van der Waals surface area contributed by atoms with Gasteiger partial charge in [-0.3, -0.25) is 9.59 Å². The SMILES string of the molecule is CC(=O)C1CCN(c2ncnc3oc(-c4ccc(N5CCN(C(C)=O)CC5)nc4)c(-c4ccc(F)cc4)c23)CC1. The molecule has 6 rings (SSSR count). The lowest BCUT2D eigenvalue weighted by atomic mass is 9.93. The first kappa shape index (κ1) is 25.9. The molecule has 5 heterocycles. The zero-order chi connectivity index (χ0) is 27.8. The fourth-order valence-electron chi connectivity index (χ4n) is 5.71. The highest BCUT2D eigenvalue weighted by atomic mass is 19.1. The molecular weight excluding hydrogens is 511 g/mol. The molecule has 0 saturated carbocycles. The fourth-order valence-corrected chi connectivity index (χ4v) is 5.71. The molecule has 10 heteroatoms. The number of hydrogen-bond acceptors (Lipinski definition) is 8. The van der Waals surface area contributed by atoms with Gasteiger partial charge in [-0.15, -0.1) is 0 Å². The summed E-state index contributed by atoms with van der Waals surface area (Å²) in [5.41, 5.74) is 2.78. The zero-order valence-electron chi connectivity index (χ0n) is 22.6. The number of halogens is 1. The van der Waals surface area contributed by atoms with Crippen LogP contribution in [0.1, 0.15) is 26.7 Å². The summed E-state index contributed by atoms with van der Waals surface area (Å²) < 4.78 is 20.3. The molecule has 0 N–H and O–H groups in total. The van der Waals surface area contributed by atoms with Crippen LogP contribution < -0.4 is 9.80 Å². The molecule has 40 heavy (non-hydrogen) atoms. The van der Waals surface area contributed by atoms with E-state index in [0.717, 1.165) is 59.6 Å².